The van der Waals surface area contributed by atoms with Gasteiger partial charge in [-0.2, -0.15) is 0 Å². The van der Waals surface area contributed by atoms with Crippen LogP contribution in [0.25, 0.3) is 0 Å². The molecule has 5 heteroatoms. The Morgan fingerprint density at radius 1 is 1.17 bits per heavy atom. The third-order valence-electron chi connectivity index (χ3n) is 1.14. The topological polar surface area (TPSA) is 67.4 Å². The van der Waals surface area contributed by atoms with Crippen molar-refractivity contribution in [2.24, 2.45) is 0 Å². The van der Waals surface area contributed by atoms with Crippen molar-refractivity contribution in [3.63, 3.8) is 0 Å². The standard InChI is InChI=1S/C7H14N2O3/c10-4-6-12-5-3-8-1-2-9-7-11/h4,7-8H,1-3,5-6H2,(H,9,11). The van der Waals surface area contributed by atoms with E-state index in [0.717, 1.165) is 0 Å². The minimum atomic E-state index is 0.147. The summed E-state index contributed by atoms with van der Waals surface area (Å²) in [6.07, 6.45) is 1.37. The first-order valence-electron chi connectivity index (χ1n) is 3.81. The van der Waals surface area contributed by atoms with Crippen molar-refractivity contribution in [2.45, 2.75) is 0 Å². The smallest absolute Gasteiger partial charge is 0.207 e. The highest BCUT2D eigenvalue weighted by molar-refractivity contribution is 5.50. The van der Waals surface area contributed by atoms with Crippen LogP contribution in [0.1, 0.15) is 0 Å². The second kappa shape index (κ2) is 10.1. The van der Waals surface area contributed by atoms with Crippen LogP contribution >= 0.6 is 0 Å². The van der Waals surface area contributed by atoms with Gasteiger partial charge >= 0.3 is 0 Å². The molecule has 0 aromatic rings. The van der Waals surface area contributed by atoms with Gasteiger partial charge in [-0.1, -0.05) is 0 Å². The van der Waals surface area contributed by atoms with E-state index in [-0.39, 0.29) is 6.61 Å². The summed E-state index contributed by atoms with van der Waals surface area (Å²) in [4.78, 5) is 19.6. The van der Waals surface area contributed by atoms with Gasteiger partial charge in [-0.15, -0.1) is 0 Å². The summed E-state index contributed by atoms with van der Waals surface area (Å²) in [5, 5.41) is 5.53. The summed E-state index contributed by atoms with van der Waals surface area (Å²) in [7, 11) is 0. The minimum Gasteiger partial charge on any atom is -0.373 e. The van der Waals surface area contributed by atoms with Gasteiger partial charge in [0.25, 0.3) is 0 Å². The number of amides is 1. The molecule has 0 atom stereocenters. The highest BCUT2D eigenvalue weighted by atomic mass is 16.5. The number of aldehydes is 1. The fourth-order valence-corrected chi connectivity index (χ4v) is 0.620. The molecule has 12 heavy (non-hydrogen) atoms. The second-order valence-electron chi connectivity index (χ2n) is 2.06. The van der Waals surface area contributed by atoms with Gasteiger partial charge in [0.05, 0.1) is 6.61 Å². The van der Waals surface area contributed by atoms with Crippen LogP contribution in [0, 0.1) is 0 Å². The highest BCUT2D eigenvalue weighted by Crippen LogP contribution is 1.68. The fraction of sp³-hybridized carbons (Fsp3) is 0.714. The molecular weight excluding hydrogens is 160 g/mol. The van der Waals surface area contributed by atoms with E-state index >= 15 is 0 Å². The third kappa shape index (κ3) is 9.06. The van der Waals surface area contributed by atoms with Gasteiger partial charge in [-0.3, -0.25) is 4.79 Å². The molecule has 0 spiro atoms. The predicted octanol–water partition coefficient (Wildman–Crippen LogP) is -1.46. The quantitative estimate of drug-likeness (QED) is 0.331. The molecule has 0 aliphatic heterocycles. The number of hydrogen-bond acceptors (Lipinski definition) is 4. The third-order valence-corrected chi connectivity index (χ3v) is 1.14. The Balaban J connectivity index is 2.81. The van der Waals surface area contributed by atoms with Crippen molar-refractivity contribution < 1.29 is 14.3 Å². The molecule has 2 N–H and O–H groups in total. The van der Waals surface area contributed by atoms with Crippen molar-refractivity contribution in [3.8, 4) is 0 Å². The first kappa shape index (κ1) is 11.1. The van der Waals surface area contributed by atoms with Crippen molar-refractivity contribution in [3.05, 3.63) is 0 Å². The Morgan fingerprint density at radius 3 is 2.67 bits per heavy atom. The number of ether oxygens (including phenoxy) is 1. The molecule has 0 radical (unpaired) electrons. The molecule has 0 bridgehead atoms. The molecule has 0 aliphatic carbocycles. The Bertz CT molecular complexity index is 105. The van der Waals surface area contributed by atoms with Crippen molar-refractivity contribution >= 4 is 12.7 Å². The van der Waals surface area contributed by atoms with E-state index in [9.17, 15) is 9.59 Å². The number of hydrogen-bond donors (Lipinski definition) is 2. The molecule has 70 valence electrons. The Kier molecular flexibility index (Phi) is 9.27. The molecular formula is C7H14N2O3. The summed E-state index contributed by atoms with van der Waals surface area (Å²) in [5.41, 5.74) is 0. The van der Waals surface area contributed by atoms with E-state index in [1.807, 2.05) is 0 Å². The zero-order chi connectivity index (χ0) is 9.07. The summed E-state index contributed by atoms with van der Waals surface area (Å²) in [5.74, 6) is 0. The van der Waals surface area contributed by atoms with Crippen LogP contribution in [0.4, 0.5) is 0 Å². The van der Waals surface area contributed by atoms with Crippen molar-refractivity contribution in [1.82, 2.24) is 10.6 Å². The molecule has 0 aliphatic rings. The van der Waals surface area contributed by atoms with Crippen LogP contribution in [0.5, 0.6) is 0 Å². The second-order valence-corrected chi connectivity index (χ2v) is 2.06. The van der Waals surface area contributed by atoms with Crippen LogP contribution in [-0.2, 0) is 14.3 Å². The Hall–Kier alpha value is -0.940. The summed E-state index contributed by atoms with van der Waals surface area (Å²) in [6.45, 7) is 2.67. The van der Waals surface area contributed by atoms with Gasteiger partial charge in [-0.25, -0.2) is 0 Å². The summed E-state index contributed by atoms with van der Waals surface area (Å²) >= 11 is 0. The van der Waals surface area contributed by atoms with Gasteiger partial charge < -0.3 is 20.2 Å². The molecule has 0 rings (SSSR count). The van der Waals surface area contributed by atoms with Crippen LogP contribution < -0.4 is 10.6 Å². The maximum absolute atomic E-state index is 9.78. The van der Waals surface area contributed by atoms with Crippen LogP contribution in [0.3, 0.4) is 0 Å². The zero-order valence-corrected chi connectivity index (χ0v) is 6.91. The molecule has 5 nitrogen and oxygen atoms in total. The molecule has 0 heterocycles. The minimum absolute atomic E-state index is 0.147. The maximum Gasteiger partial charge on any atom is 0.207 e. The predicted molar refractivity (Wildman–Crippen MR) is 43.8 cm³/mol. The molecule has 0 aromatic carbocycles. The fourth-order valence-electron chi connectivity index (χ4n) is 0.620. The first-order valence-corrected chi connectivity index (χ1v) is 3.81. The van der Waals surface area contributed by atoms with Gasteiger partial charge in [-0.05, 0) is 0 Å². The van der Waals surface area contributed by atoms with Crippen LogP contribution in [0.15, 0.2) is 0 Å². The first-order chi connectivity index (χ1) is 5.91. The largest absolute Gasteiger partial charge is 0.373 e. The van der Waals surface area contributed by atoms with E-state index in [2.05, 4.69) is 10.6 Å². The van der Waals surface area contributed by atoms with E-state index in [1.165, 1.54) is 0 Å². The van der Waals surface area contributed by atoms with E-state index in [0.29, 0.717) is 38.9 Å². The Morgan fingerprint density at radius 2 is 2.00 bits per heavy atom. The molecule has 0 unspecified atom stereocenters. The van der Waals surface area contributed by atoms with E-state index in [4.69, 9.17) is 4.74 Å². The van der Waals surface area contributed by atoms with Gasteiger partial charge in [0.15, 0.2) is 0 Å². The number of rotatable bonds is 9. The monoisotopic (exact) mass is 174 g/mol. The van der Waals surface area contributed by atoms with Gasteiger partial charge in [0, 0.05) is 19.6 Å². The average Bonchev–Trinajstić information content (AvgIpc) is 2.10. The number of nitrogens with one attached hydrogen (secondary N) is 2. The van der Waals surface area contributed by atoms with Crippen molar-refractivity contribution in [2.75, 3.05) is 32.8 Å². The number of carbonyl (C=O) groups is 2. The van der Waals surface area contributed by atoms with Gasteiger partial charge in [0.1, 0.15) is 12.9 Å². The summed E-state index contributed by atoms with van der Waals surface area (Å²) in [6, 6.07) is 0. The molecule has 1 amide bonds. The maximum atomic E-state index is 9.78. The van der Waals surface area contributed by atoms with Crippen molar-refractivity contribution in [1.29, 1.82) is 0 Å². The molecule has 0 fully saturated rings. The lowest BCUT2D eigenvalue weighted by Crippen LogP contribution is -2.28. The normalized spacial score (nSPS) is 9.33. The summed E-state index contributed by atoms with van der Waals surface area (Å²) < 4.78 is 4.87. The van der Waals surface area contributed by atoms with Crippen LogP contribution in [0.2, 0.25) is 0 Å². The average molecular weight is 174 g/mol. The molecule has 0 saturated heterocycles. The number of carbonyl (C=O) groups excluding carboxylic acids is 2. The lowest BCUT2D eigenvalue weighted by molar-refractivity contribution is -0.112. The van der Waals surface area contributed by atoms with Gasteiger partial charge in [0.2, 0.25) is 6.41 Å². The lowest BCUT2D eigenvalue weighted by Gasteiger charge is -2.02. The lowest BCUT2D eigenvalue weighted by atomic mass is 10.6. The SMILES string of the molecule is O=CCOCCNCCNC=O. The zero-order valence-electron chi connectivity index (χ0n) is 6.91. The molecule has 0 aromatic heterocycles. The van der Waals surface area contributed by atoms with E-state index < -0.39 is 0 Å². The van der Waals surface area contributed by atoms with Crippen LogP contribution in [-0.4, -0.2) is 45.5 Å². The van der Waals surface area contributed by atoms with E-state index in [1.54, 1.807) is 0 Å². The highest BCUT2D eigenvalue weighted by Gasteiger charge is 1.86. The molecule has 0 saturated carbocycles. The Labute approximate surface area is 71.5 Å².